The molecule has 0 unspecified atom stereocenters. The topological polar surface area (TPSA) is 96.4 Å². The summed E-state index contributed by atoms with van der Waals surface area (Å²) in [5, 5.41) is 0. The minimum Gasteiger partial charge on any atom is -0.282 e. The maximum Gasteiger partial charge on any atom is 0.261 e. The number of anilines is 1. The number of benzene rings is 1. The lowest BCUT2D eigenvalue weighted by Gasteiger charge is -2.14. The Kier molecular flexibility index (Phi) is 4.37. The number of carbonyl (C=O) groups excluding carboxylic acids is 2. The van der Waals surface area contributed by atoms with E-state index in [9.17, 15) is 18.0 Å². The largest absolute Gasteiger partial charge is 0.282 e. The van der Waals surface area contributed by atoms with Gasteiger partial charge < -0.3 is 0 Å². The number of sulfonamides is 1. The molecule has 1 aliphatic heterocycles. The third-order valence-corrected chi connectivity index (χ3v) is 5.14. The van der Waals surface area contributed by atoms with Gasteiger partial charge in [0, 0.05) is 17.2 Å². The molecule has 0 atom stereocenters. The molecule has 3 rings (SSSR count). The number of amides is 2. The molecule has 24 heavy (non-hydrogen) atoms. The van der Waals surface area contributed by atoms with Gasteiger partial charge in [-0.1, -0.05) is 12.1 Å². The summed E-state index contributed by atoms with van der Waals surface area (Å²) in [7, 11) is -3.73. The van der Waals surface area contributed by atoms with Crippen LogP contribution in [0.4, 0.5) is 5.69 Å². The number of nitrogens with zero attached hydrogens (tertiary/aromatic N) is 2. The average Bonchev–Trinajstić information content (AvgIpc) is 2.77. The predicted molar refractivity (Wildman–Crippen MR) is 91.2 cm³/mol. The van der Waals surface area contributed by atoms with Crippen molar-refractivity contribution in [3.05, 3.63) is 58.3 Å². The van der Waals surface area contributed by atoms with Gasteiger partial charge in [-0.2, -0.15) is 0 Å². The van der Waals surface area contributed by atoms with Crippen molar-refractivity contribution in [2.75, 3.05) is 17.0 Å². The van der Waals surface area contributed by atoms with Gasteiger partial charge in [0.1, 0.15) is 0 Å². The number of nitrogens with one attached hydrogen (secondary N) is 1. The Hall–Kier alpha value is -2.26. The fourth-order valence-electron chi connectivity index (χ4n) is 2.35. The Morgan fingerprint density at radius 1 is 1.08 bits per heavy atom. The lowest BCUT2D eigenvalue weighted by atomic mass is 10.1. The van der Waals surface area contributed by atoms with Crippen LogP contribution in [0.2, 0.25) is 0 Å². The van der Waals surface area contributed by atoms with Crippen LogP contribution >= 0.6 is 15.9 Å². The van der Waals surface area contributed by atoms with Gasteiger partial charge in [0.2, 0.25) is 10.0 Å². The van der Waals surface area contributed by atoms with Crippen molar-refractivity contribution in [3.8, 4) is 0 Å². The van der Waals surface area contributed by atoms with Gasteiger partial charge in [-0.25, -0.2) is 8.42 Å². The molecule has 1 aromatic carbocycles. The molecule has 2 aromatic rings. The van der Waals surface area contributed by atoms with Gasteiger partial charge in [0.15, 0.2) is 0 Å². The summed E-state index contributed by atoms with van der Waals surface area (Å²) in [6.45, 7) is -0.219. The summed E-state index contributed by atoms with van der Waals surface area (Å²) in [5.41, 5.74) is 0.889. The second-order valence-corrected chi connectivity index (χ2v) is 7.88. The number of rotatable bonds is 5. The van der Waals surface area contributed by atoms with Crippen molar-refractivity contribution in [1.29, 1.82) is 0 Å². The van der Waals surface area contributed by atoms with Crippen LogP contribution in [0.1, 0.15) is 20.7 Å². The van der Waals surface area contributed by atoms with E-state index in [1.165, 1.54) is 12.4 Å². The minimum absolute atomic E-state index is 0.219. The van der Waals surface area contributed by atoms with E-state index in [-0.39, 0.29) is 6.54 Å². The lowest BCUT2D eigenvalue weighted by molar-refractivity contribution is 0.0664. The Labute approximate surface area is 146 Å². The fourth-order valence-corrected chi connectivity index (χ4v) is 3.71. The maximum atomic E-state index is 12.2. The highest BCUT2D eigenvalue weighted by Gasteiger charge is 2.35. The first-order valence-corrected chi connectivity index (χ1v) is 9.38. The Balaban J connectivity index is 1.70. The molecule has 9 heteroatoms. The first kappa shape index (κ1) is 16.6. The first-order valence-electron chi connectivity index (χ1n) is 6.94. The molecule has 7 nitrogen and oxygen atoms in total. The van der Waals surface area contributed by atoms with Gasteiger partial charge in [0.25, 0.3) is 11.8 Å². The summed E-state index contributed by atoms with van der Waals surface area (Å²) in [6, 6.07) is 7.98. The molecular formula is C15H12BrN3O4S. The molecule has 0 radical (unpaired) electrons. The van der Waals surface area contributed by atoms with E-state index in [0.717, 1.165) is 4.90 Å². The molecule has 0 bridgehead atoms. The predicted octanol–water partition coefficient (Wildman–Crippen LogP) is 1.88. The number of aromatic nitrogens is 1. The smallest absolute Gasteiger partial charge is 0.261 e. The SMILES string of the molecule is O=C1c2ccccc2C(=O)N1CCS(=O)(=O)Nc1cncc(Br)c1. The number of hydrogen-bond donors (Lipinski definition) is 1. The van der Waals surface area contributed by atoms with Crippen molar-refractivity contribution >= 4 is 43.5 Å². The highest BCUT2D eigenvalue weighted by Crippen LogP contribution is 2.22. The molecule has 2 amide bonds. The number of hydrogen-bond acceptors (Lipinski definition) is 5. The van der Waals surface area contributed by atoms with Gasteiger partial charge in [-0.05, 0) is 34.1 Å². The zero-order valence-corrected chi connectivity index (χ0v) is 14.7. The normalized spacial score (nSPS) is 14.0. The van der Waals surface area contributed by atoms with Crippen molar-refractivity contribution in [2.45, 2.75) is 0 Å². The molecule has 2 heterocycles. The van der Waals surface area contributed by atoms with Gasteiger partial charge in [-0.15, -0.1) is 0 Å². The van der Waals surface area contributed by atoms with Crippen LogP contribution in [0, 0.1) is 0 Å². The van der Waals surface area contributed by atoms with E-state index < -0.39 is 27.6 Å². The maximum absolute atomic E-state index is 12.2. The van der Waals surface area contributed by atoms with Crippen LogP contribution in [-0.2, 0) is 10.0 Å². The van der Waals surface area contributed by atoms with E-state index in [2.05, 4.69) is 25.6 Å². The van der Waals surface area contributed by atoms with E-state index in [1.54, 1.807) is 30.3 Å². The number of carbonyl (C=O) groups is 2. The van der Waals surface area contributed by atoms with Gasteiger partial charge >= 0.3 is 0 Å². The van der Waals surface area contributed by atoms with Crippen LogP contribution in [0.25, 0.3) is 0 Å². The third-order valence-electron chi connectivity index (χ3n) is 3.44. The Bertz CT molecular complexity index is 895. The lowest BCUT2D eigenvalue weighted by Crippen LogP contribution is -2.35. The van der Waals surface area contributed by atoms with Crippen molar-refractivity contribution in [1.82, 2.24) is 9.88 Å². The van der Waals surface area contributed by atoms with Crippen molar-refractivity contribution < 1.29 is 18.0 Å². The molecule has 124 valence electrons. The molecule has 0 fully saturated rings. The molecular weight excluding hydrogens is 398 g/mol. The average molecular weight is 410 g/mol. The van der Waals surface area contributed by atoms with Crippen LogP contribution in [0.3, 0.4) is 0 Å². The molecule has 0 saturated heterocycles. The fraction of sp³-hybridized carbons (Fsp3) is 0.133. The number of pyridine rings is 1. The van der Waals surface area contributed by atoms with E-state index >= 15 is 0 Å². The highest BCUT2D eigenvalue weighted by molar-refractivity contribution is 9.10. The van der Waals surface area contributed by atoms with Crippen molar-refractivity contribution in [2.24, 2.45) is 0 Å². The second-order valence-electron chi connectivity index (χ2n) is 5.12. The Morgan fingerprint density at radius 2 is 1.71 bits per heavy atom. The molecule has 1 aliphatic rings. The summed E-state index contributed by atoms with van der Waals surface area (Å²) in [5.74, 6) is -1.35. The van der Waals surface area contributed by atoms with Crippen LogP contribution in [-0.4, -0.2) is 42.4 Å². The van der Waals surface area contributed by atoms with Crippen molar-refractivity contribution in [3.63, 3.8) is 0 Å². The van der Waals surface area contributed by atoms with E-state index in [0.29, 0.717) is 21.3 Å². The zero-order valence-electron chi connectivity index (χ0n) is 12.3. The number of imide groups is 1. The quantitative estimate of drug-likeness (QED) is 0.760. The van der Waals surface area contributed by atoms with Crippen LogP contribution in [0.5, 0.6) is 0 Å². The number of fused-ring (bicyclic) bond motifs is 1. The van der Waals surface area contributed by atoms with Gasteiger partial charge in [-0.3, -0.25) is 24.2 Å². The molecule has 0 saturated carbocycles. The van der Waals surface area contributed by atoms with Gasteiger partial charge in [0.05, 0.1) is 28.8 Å². The molecule has 1 N–H and O–H groups in total. The van der Waals surface area contributed by atoms with Crippen LogP contribution in [0.15, 0.2) is 47.2 Å². The third kappa shape index (κ3) is 3.31. The van der Waals surface area contributed by atoms with E-state index in [1.807, 2.05) is 0 Å². The second kappa shape index (κ2) is 6.33. The Morgan fingerprint density at radius 3 is 2.29 bits per heavy atom. The summed E-state index contributed by atoms with van der Waals surface area (Å²) in [4.78, 5) is 29.2. The number of halogens is 1. The summed E-state index contributed by atoms with van der Waals surface area (Å²) >= 11 is 3.20. The van der Waals surface area contributed by atoms with E-state index in [4.69, 9.17) is 0 Å². The standard InChI is InChI=1S/C15H12BrN3O4S/c16-10-7-11(9-17-8-10)18-24(22,23)6-5-19-14(20)12-3-1-2-4-13(12)15(19)21/h1-4,7-9,18H,5-6H2. The van der Waals surface area contributed by atoms with Crippen LogP contribution < -0.4 is 4.72 Å². The highest BCUT2D eigenvalue weighted by atomic mass is 79.9. The molecule has 0 aliphatic carbocycles. The zero-order chi connectivity index (χ0) is 17.3. The molecule has 0 spiro atoms. The summed E-state index contributed by atoms with van der Waals surface area (Å²) in [6.07, 6.45) is 2.89. The molecule has 1 aromatic heterocycles. The summed E-state index contributed by atoms with van der Waals surface area (Å²) < 4.78 is 27.3. The first-order chi connectivity index (χ1) is 11.4. The monoisotopic (exact) mass is 409 g/mol. The minimum atomic E-state index is -3.73.